The van der Waals surface area contributed by atoms with E-state index >= 15 is 0 Å². The van der Waals surface area contributed by atoms with Crippen molar-refractivity contribution in [3.8, 4) is 0 Å². The van der Waals surface area contributed by atoms with Gasteiger partial charge in [-0.05, 0) is 32.0 Å². The second kappa shape index (κ2) is 10.3. The summed E-state index contributed by atoms with van der Waals surface area (Å²) in [5.41, 5.74) is 1.16. The SMILES string of the molecule is CC(C)NC(=O)C[NH+]1CCN(C(=O)C[NH+]2CCN(c3cccc(Cl)c3)CC2)CC1. The third-order valence-electron chi connectivity index (χ3n) is 5.73. The van der Waals surface area contributed by atoms with E-state index in [4.69, 9.17) is 11.6 Å². The summed E-state index contributed by atoms with van der Waals surface area (Å²) >= 11 is 6.10. The van der Waals surface area contributed by atoms with Crippen molar-refractivity contribution >= 4 is 29.1 Å². The molecule has 2 aliphatic heterocycles. The first-order chi connectivity index (χ1) is 13.9. The minimum absolute atomic E-state index is 0.0943. The van der Waals surface area contributed by atoms with Crippen LogP contribution in [-0.2, 0) is 9.59 Å². The molecular weight excluding hydrogens is 390 g/mol. The van der Waals surface area contributed by atoms with Crippen molar-refractivity contribution in [1.82, 2.24) is 10.2 Å². The monoisotopic (exact) mass is 423 g/mol. The molecular formula is C21H34ClN5O2+2. The van der Waals surface area contributed by atoms with Gasteiger partial charge in [-0.15, -0.1) is 0 Å². The topological polar surface area (TPSA) is 61.5 Å². The van der Waals surface area contributed by atoms with Gasteiger partial charge < -0.3 is 24.9 Å². The summed E-state index contributed by atoms with van der Waals surface area (Å²) in [6.45, 7) is 12.0. The molecule has 3 N–H and O–H groups in total. The Morgan fingerprint density at radius 1 is 1.03 bits per heavy atom. The molecule has 0 saturated carbocycles. The van der Waals surface area contributed by atoms with Gasteiger partial charge in [0.2, 0.25) is 0 Å². The largest absolute Gasteiger partial charge is 0.360 e. The van der Waals surface area contributed by atoms with Gasteiger partial charge in [0.15, 0.2) is 13.1 Å². The number of anilines is 1. The number of quaternary nitrogens is 2. The normalized spacial score (nSPS) is 18.9. The molecule has 0 aliphatic carbocycles. The Labute approximate surface area is 178 Å². The van der Waals surface area contributed by atoms with Crippen LogP contribution < -0.4 is 20.0 Å². The summed E-state index contributed by atoms with van der Waals surface area (Å²) in [6, 6.07) is 8.14. The maximum atomic E-state index is 12.7. The van der Waals surface area contributed by atoms with Gasteiger partial charge in [-0.1, -0.05) is 17.7 Å². The number of benzene rings is 1. The Hall–Kier alpha value is -1.83. The van der Waals surface area contributed by atoms with E-state index in [-0.39, 0.29) is 17.9 Å². The Bertz CT molecular complexity index is 698. The first-order valence-corrected chi connectivity index (χ1v) is 11.0. The number of carbonyl (C=O) groups is 2. The van der Waals surface area contributed by atoms with E-state index in [1.165, 1.54) is 9.80 Å². The molecule has 0 radical (unpaired) electrons. The fraction of sp³-hybridized carbons (Fsp3) is 0.619. The molecule has 0 atom stereocenters. The van der Waals surface area contributed by atoms with E-state index in [9.17, 15) is 9.59 Å². The van der Waals surface area contributed by atoms with E-state index in [2.05, 4.69) is 16.3 Å². The van der Waals surface area contributed by atoms with Crippen molar-refractivity contribution in [2.45, 2.75) is 19.9 Å². The van der Waals surface area contributed by atoms with Gasteiger partial charge in [-0.2, -0.15) is 0 Å². The van der Waals surface area contributed by atoms with Crippen LogP contribution in [0.1, 0.15) is 13.8 Å². The lowest BCUT2D eigenvalue weighted by Crippen LogP contribution is -3.17. The highest BCUT2D eigenvalue weighted by molar-refractivity contribution is 6.30. The van der Waals surface area contributed by atoms with Crippen molar-refractivity contribution in [3.05, 3.63) is 29.3 Å². The Kier molecular flexibility index (Phi) is 7.75. The molecule has 1 aromatic rings. The van der Waals surface area contributed by atoms with Crippen LogP contribution in [0.3, 0.4) is 0 Å². The lowest BCUT2D eigenvalue weighted by atomic mass is 10.2. The highest BCUT2D eigenvalue weighted by atomic mass is 35.5. The van der Waals surface area contributed by atoms with Gasteiger partial charge in [0.25, 0.3) is 11.8 Å². The summed E-state index contributed by atoms with van der Waals surface area (Å²) < 4.78 is 0. The lowest BCUT2D eigenvalue weighted by Gasteiger charge is -2.35. The fourth-order valence-electron chi connectivity index (χ4n) is 4.11. The molecule has 1 aromatic carbocycles. The van der Waals surface area contributed by atoms with Crippen LogP contribution >= 0.6 is 11.6 Å². The molecule has 8 heteroatoms. The number of halogens is 1. The molecule has 7 nitrogen and oxygen atoms in total. The van der Waals surface area contributed by atoms with Crippen molar-refractivity contribution in [3.63, 3.8) is 0 Å². The number of hydrogen-bond donors (Lipinski definition) is 3. The van der Waals surface area contributed by atoms with Crippen molar-refractivity contribution in [2.24, 2.45) is 0 Å². The zero-order valence-electron chi connectivity index (χ0n) is 17.5. The fourth-order valence-corrected chi connectivity index (χ4v) is 4.29. The van der Waals surface area contributed by atoms with E-state index in [0.717, 1.165) is 63.1 Å². The number of piperazine rings is 2. The predicted molar refractivity (Wildman–Crippen MR) is 115 cm³/mol. The maximum Gasteiger partial charge on any atom is 0.278 e. The highest BCUT2D eigenvalue weighted by Gasteiger charge is 2.29. The smallest absolute Gasteiger partial charge is 0.278 e. The standard InChI is InChI=1S/C21H32ClN5O2/c1-17(2)23-20(28)15-24-8-12-27(13-9-24)21(29)16-25-6-10-26(11-7-25)19-5-3-4-18(22)14-19/h3-5,14,17H,6-13,15-16H2,1-2H3,(H,23,28)/p+2. The van der Waals surface area contributed by atoms with Crippen molar-refractivity contribution in [2.75, 3.05) is 70.3 Å². The highest BCUT2D eigenvalue weighted by Crippen LogP contribution is 2.19. The maximum absolute atomic E-state index is 12.7. The number of carbonyl (C=O) groups excluding carboxylic acids is 2. The summed E-state index contributed by atoms with van der Waals surface area (Å²) in [5, 5.41) is 3.70. The van der Waals surface area contributed by atoms with Crippen LogP contribution in [0.15, 0.2) is 24.3 Å². The molecule has 0 spiro atoms. The van der Waals surface area contributed by atoms with Crippen molar-refractivity contribution < 1.29 is 19.4 Å². The number of nitrogens with zero attached hydrogens (tertiary/aromatic N) is 2. The van der Waals surface area contributed by atoms with Crippen LogP contribution in [0.25, 0.3) is 0 Å². The second-order valence-corrected chi connectivity index (χ2v) is 8.86. The van der Waals surface area contributed by atoms with Crippen molar-refractivity contribution in [1.29, 1.82) is 0 Å². The molecule has 29 heavy (non-hydrogen) atoms. The van der Waals surface area contributed by atoms with E-state index in [1.807, 2.05) is 36.9 Å². The molecule has 2 aliphatic rings. The van der Waals surface area contributed by atoms with E-state index in [0.29, 0.717) is 13.1 Å². The number of nitrogens with one attached hydrogen (secondary N) is 3. The average Bonchev–Trinajstić information content (AvgIpc) is 2.68. The average molecular weight is 424 g/mol. The molecule has 160 valence electrons. The Balaban J connectivity index is 1.38. The molecule has 2 amide bonds. The Morgan fingerprint density at radius 2 is 1.66 bits per heavy atom. The Morgan fingerprint density at radius 3 is 2.28 bits per heavy atom. The van der Waals surface area contributed by atoms with Crippen LogP contribution in [0.4, 0.5) is 5.69 Å². The molecule has 0 unspecified atom stereocenters. The summed E-state index contributed by atoms with van der Waals surface area (Å²) in [6.07, 6.45) is 0. The summed E-state index contributed by atoms with van der Waals surface area (Å²) in [4.78, 5) is 31.6. The van der Waals surface area contributed by atoms with Gasteiger partial charge in [-0.3, -0.25) is 9.59 Å². The van der Waals surface area contributed by atoms with Crippen LogP contribution in [0.2, 0.25) is 5.02 Å². The molecule has 2 heterocycles. The molecule has 2 saturated heterocycles. The summed E-state index contributed by atoms with van der Waals surface area (Å²) in [7, 11) is 0. The minimum Gasteiger partial charge on any atom is -0.360 e. The van der Waals surface area contributed by atoms with E-state index < -0.39 is 0 Å². The van der Waals surface area contributed by atoms with Crippen LogP contribution in [0, 0.1) is 0 Å². The van der Waals surface area contributed by atoms with Crippen LogP contribution in [-0.4, -0.2) is 88.2 Å². The predicted octanol–water partition coefficient (Wildman–Crippen LogP) is -1.70. The number of rotatable bonds is 6. The van der Waals surface area contributed by atoms with Crippen LogP contribution in [0.5, 0.6) is 0 Å². The first-order valence-electron chi connectivity index (χ1n) is 10.7. The molecule has 0 bridgehead atoms. The van der Waals surface area contributed by atoms with Gasteiger partial charge >= 0.3 is 0 Å². The third-order valence-corrected chi connectivity index (χ3v) is 5.96. The van der Waals surface area contributed by atoms with Gasteiger partial charge in [0, 0.05) is 16.8 Å². The molecule has 2 fully saturated rings. The number of amides is 2. The minimum atomic E-state index is 0.0943. The van der Waals surface area contributed by atoms with Gasteiger partial charge in [0.05, 0.1) is 52.4 Å². The van der Waals surface area contributed by atoms with E-state index in [1.54, 1.807) is 0 Å². The molecule has 3 rings (SSSR count). The summed E-state index contributed by atoms with van der Waals surface area (Å²) in [5.74, 6) is 0.332. The van der Waals surface area contributed by atoms with Gasteiger partial charge in [0.1, 0.15) is 0 Å². The lowest BCUT2D eigenvalue weighted by molar-refractivity contribution is -0.898. The quantitative estimate of drug-likeness (QED) is 0.511. The first kappa shape index (κ1) is 21.9. The molecule has 0 aromatic heterocycles. The second-order valence-electron chi connectivity index (χ2n) is 8.42. The third kappa shape index (κ3) is 6.59. The zero-order chi connectivity index (χ0) is 20.8. The number of hydrogen-bond acceptors (Lipinski definition) is 3. The van der Waals surface area contributed by atoms with Gasteiger partial charge in [-0.25, -0.2) is 0 Å². The zero-order valence-corrected chi connectivity index (χ0v) is 18.3.